The molecule has 6 nitrogen and oxygen atoms in total. The summed E-state index contributed by atoms with van der Waals surface area (Å²) in [5.74, 6) is 0.115. The summed E-state index contributed by atoms with van der Waals surface area (Å²) in [6, 6.07) is 16.4. The van der Waals surface area contributed by atoms with Gasteiger partial charge in [-0.05, 0) is 61.2 Å². The molecule has 7 heteroatoms. The van der Waals surface area contributed by atoms with Gasteiger partial charge in [0.15, 0.2) is 0 Å². The number of hydrogen-bond donors (Lipinski definition) is 2. The van der Waals surface area contributed by atoms with Crippen LogP contribution in [-0.2, 0) is 13.7 Å². The highest BCUT2D eigenvalue weighted by Crippen LogP contribution is 2.37. The molecule has 0 radical (unpaired) electrons. The van der Waals surface area contributed by atoms with E-state index in [2.05, 4.69) is 15.4 Å². The van der Waals surface area contributed by atoms with Crippen LogP contribution in [-0.4, -0.2) is 33.0 Å². The maximum Gasteiger partial charge on any atom is 0.226 e. The predicted octanol–water partition coefficient (Wildman–Crippen LogP) is 4.53. The molecule has 4 aromatic rings. The first-order chi connectivity index (χ1) is 15.6. The van der Waals surface area contributed by atoms with E-state index in [4.69, 9.17) is 4.74 Å². The summed E-state index contributed by atoms with van der Waals surface area (Å²) in [6.07, 6.45) is 1.85. The molecule has 1 fully saturated rings. The maximum atomic E-state index is 15.2. The normalized spacial score (nSPS) is 14.7. The lowest BCUT2D eigenvalue weighted by Crippen LogP contribution is -2.27. The molecule has 0 unspecified atom stereocenters. The van der Waals surface area contributed by atoms with Gasteiger partial charge in [0.1, 0.15) is 18.1 Å². The second kappa shape index (κ2) is 8.59. The number of aromatic nitrogens is 3. The molecule has 3 heterocycles. The average molecular weight is 432 g/mol. The van der Waals surface area contributed by atoms with Crippen LogP contribution in [0.25, 0.3) is 22.2 Å². The van der Waals surface area contributed by atoms with Gasteiger partial charge in [-0.25, -0.2) is 4.39 Å². The van der Waals surface area contributed by atoms with E-state index in [-0.39, 0.29) is 23.5 Å². The van der Waals surface area contributed by atoms with Gasteiger partial charge < -0.3 is 15.2 Å². The molecule has 164 valence electrons. The minimum Gasteiger partial charge on any atom is -0.493 e. The number of fused-ring (bicyclic) bond motifs is 1. The smallest absolute Gasteiger partial charge is 0.226 e. The van der Waals surface area contributed by atoms with Crippen molar-refractivity contribution >= 4 is 10.9 Å². The van der Waals surface area contributed by atoms with Gasteiger partial charge >= 0.3 is 0 Å². The van der Waals surface area contributed by atoms with E-state index in [1.165, 1.54) is 6.07 Å². The number of pyridine rings is 1. The Labute approximate surface area is 185 Å². The highest BCUT2D eigenvalue weighted by atomic mass is 19.1. The Hall–Kier alpha value is -3.45. The molecule has 1 aliphatic rings. The molecule has 1 aliphatic heterocycles. The van der Waals surface area contributed by atoms with Gasteiger partial charge in [0.05, 0.1) is 11.1 Å². The number of rotatable bonds is 5. The van der Waals surface area contributed by atoms with Crippen molar-refractivity contribution in [3.63, 3.8) is 0 Å². The van der Waals surface area contributed by atoms with Gasteiger partial charge in [-0.2, -0.15) is 10.1 Å². The second-order valence-corrected chi connectivity index (χ2v) is 8.18. The molecule has 1 saturated heterocycles. The Morgan fingerprint density at radius 1 is 1.12 bits per heavy atom. The maximum absolute atomic E-state index is 15.2. The quantitative estimate of drug-likeness (QED) is 0.485. The number of benzene rings is 2. The summed E-state index contributed by atoms with van der Waals surface area (Å²) in [5.41, 5.74) is 3.77. The molecule has 2 N–H and O–H groups in total. The minimum absolute atomic E-state index is 0.142. The summed E-state index contributed by atoms with van der Waals surface area (Å²) in [7, 11) is 1.86. The van der Waals surface area contributed by atoms with Gasteiger partial charge in [-0.1, -0.05) is 30.3 Å². The third-order valence-electron chi connectivity index (χ3n) is 6.07. The Bertz CT molecular complexity index is 1250. The molecular formula is C25H25FN4O2. The second-order valence-electron chi connectivity index (χ2n) is 8.18. The Kier molecular flexibility index (Phi) is 5.49. The van der Waals surface area contributed by atoms with Gasteiger partial charge in [0, 0.05) is 18.5 Å². The van der Waals surface area contributed by atoms with Crippen molar-refractivity contribution in [3.8, 4) is 23.0 Å². The van der Waals surface area contributed by atoms with Crippen LogP contribution in [0.2, 0.25) is 0 Å². The highest BCUT2D eigenvalue weighted by Gasteiger charge is 2.23. The molecule has 0 amide bonds. The first-order valence-electron chi connectivity index (χ1n) is 10.8. The van der Waals surface area contributed by atoms with Crippen LogP contribution < -0.4 is 10.1 Å². The topological polar surface area (TPSA) is 72.2 Å². The number of aryl methyl sites for hydroxylation is 1. The van der Waals surface area contributed by atoms with E-state index in [1.54, 1.807) is 16.8 Å². The van der Waals surface area contributed by atoms with Crippen LogP contribution in [0.5, 0.6) is 11.8 Å². The van der Waals surface area contributed by atoms with Crippen LogP contribution in [0.3, 0.4) is 0 Å². The van der Waals surface area contributed by atoms with Crippen LogP contribution in [0.15, 0.2) is 54.6 Å². The monoisotopic (exact) mass is 432 g/mol. The first kappa shape index (κ1) is 20.5. The average Bonchev–Trinajstić information content (AvgIpc) is 3.13. The number of hydrogen-bond acceptors (Lipinski definition) is 5. The Balaban J connectivity index is 1.55. The third kappa shape index (κ3) is 3.91. The standard InChI is InChI=1S/C25H25FN4O2/c1-30-22-14-19(17-9-11-27-12-10-17)21(26)13-20(22)24(29-30)18-7-8-23(31)28-25(18)32-15-16-5-3-2-4-6-16/h2-8,13-14,17,27H,9-12,15H2,1H3,(H,28,31). The van der Waals surface area contributed by atoms with Gasteiger partial charge in [-0.3, -0.25) is 4.68 Å². The van der Waals surface area contributed by atoms with Crippen molar-refractivity contribution in [2.45, 2.75) is 25.4 Å². The van der Waals surface area contributed by atoms with Crippen molar-refractivity contribution in [2.75, 3.05) is 13.1 Å². The predicted molar refractivity (Wildman–Crippen MR) is 121 cm³/mol. The number of nitrogens with zero attached hydrogens (tertiary/aromatic N) is 3. The summed E-state index contributed by atoms with van der Waals surface area (Å²) < 4.78 is 22.9. The van der Waals surface area contributed by atoms with Crippen molar-refractivity contribution in [3.05, 3.63) is 71.5 Å². The fourth-order valence-corrected chi connectivity index (χ4v) is 4.38. The molecule has 32 heavy (non-hydrogen) atoms. The van der Waals surface area contributed by atoms with Crippen LogP contribution in [0.1, 0.15) is 29.9 Å². The highest BCUT2D eigenvalue weighted by molar-refractivity contribution is 5.95. The SMILES string of the molecule is Cn1nc(-c2ccc(O)nc2OCc2ccccc2)c2cc(F)c(C3CCNCC3)cc21. The largest absolute Gasteiger partial charge is 0.493 e. The van der Waals surface area contributed by atoms with E-state index in [1.807, 2.05) is 43.4 Å². The molecule has 0 saturated carbocycles. The Morgan fingerprint density at radius 3 is 2.69 bits per heavy atom. The van der Waals surface area contributed by atoms with E-state index in [0.29, 0.717) is 23.3 Å². The molecule has 0 aliphatic carbocycles. The number of nitrogens with one attached hydrogen (secondary N) is 1. The van der Waals surface area contributed by atoms with Crippen LogP contribution >= 0.6 is 0 Å². The zero-order chi connectivity index (χ0) is 22.1. The zero-order valence-electron chi connectivity index (χ0n) is 17.9. The van der Waals surface area contributed by atoms with E-state index in [9.17, 15) is 5.11 Å². The van der Waals surface area contributed by atoms with E-state index in [0.717, 1.165) is 42.6 Å². The lowest BCUT2D eigenvalue weighted by Gasteiger charge is -2.23. The fraction of sp³-hybridized carbons (Fsp3) is 0.280. The first-order valence-corrected chi connectivity index (χ1v) is 10.8. The molecule has 0 bridgehead atoms. The fourth-order valence-electron chi connectivity index (χ4n) is 4.38. The summed E-state index contributed by atoms with van der Waals surface area (Å²) >= 11 is 0. The number of piperidine rings is 1. The molecule has 5 rings (SSSR count). The van der Waals surface area contributed by atoms with Crippen molar-refractivity contribution < 1.29 is 14.2 Å². The zero-order valence-corrected chi connectivity index (χ0v) is 17.9. The van der Waals surface area contributed by atoms with Crippen molar-refractivity contribution in [2.24, 2.45) is 7.05 Å². The number of aromatic hydroxyl groups is 1. The van der Waals surface area contributed by atoms with Gasteiger partial charge in [0.2, 0.25) is 11.8 Å². The van der Waals surface area contributed by atoms with E-state index < -0.39 is 0 Å². The molecule has 2 aromatic carbocycles. The van der Waals surface area contributed by atoms with E-state index >= 15 is 4.39 Å². The number of halogens is 1. The lowest BCUT2D eigenvalue weighted by molar-refractivity contribution is 0.290. The van der Waals surface area contributed by atoms with Crippen molar-refractivity contribution in [1.82, 2.24) is 20.1 Å². The summed E-state index contributed by atoms with van der Waals surface area (Å²) in [5, 5.41) is 18.6. The lowest BCUT2D eigenvalue weighted by atomic mass is 9.89. The summed E-state index contributed by atoms with van der Waals surface area (Å²) in [4.78, 5) is 4.18. The summed E-state index contributed by atoms with van der Waals surface area (Å²) in [6.45, 7) is 2.10. The van der Waals surface area contributed by atoms with Crippen LogP contribution in [0.4, 0.5) is 4.39 Å². The molecule has 2 aromatic heterocycles. The molecule has 0 atom stereocenters. The molecular weight excluding hydrogens is 407 g/mol. The van der Waals surface area contributed by atoms with Crippen molar-refractivity contribution in [1.29, 1.82) is 0 Å². The van der Waals surface area contributed by atoms with Gasteiger partial charge in [0.25, 0.3) is 0 Å². The third-order valence-corrected chi connectivity index (χ3v) is 6.07. The van der Waals surface area contributed by atoms with Gasteiger partial charge in [-0.15, -0.1) is 0 Å². The minimum atomic E-state index is -0.211. The van der Waals surface area contributed by atoms with Crippen LogP contribution in [0, 0.1) is 5.82 Å². The Morgan fingerprint density at radius 2 is 1.91 bits per heavy atom. The number of ether oxygens (including phenoxy) is 1. The molecule has 0 spiro atoms.